The van der Waals surface area contributed by atoms with Gasteiger partial charge in [0.1, 0.15) is 0 Å². The second-order valence-electron chi connectivity index (χ2n) is 4.40. The van der Waals surface area contributed by atoms with E-state index in [-0.39, 0.29) is 6.61 Å². The Morgan fingerprint density at radius 1 is 1.29 bits per heavy atom. The minimum absolute atomic E-state index is 0.0960. The van der Waals surface area contributed by atoms with E-state index in [0.29, 0.717) is 0 Å². The molecule has 5 heteroatoms. The Balaban J connectivity index is 2.59. The maximum absolute atomic E-state index is 9.18. The first-order chi connectivity index (χ1) is 8.08. The van der Waals surface area contributed by atoms with Crippen molar-refractivity contribution in [2.24, 2.45) is 0 Å². The summed E-state index contributed by atoms with van der Waals surface area (Å²) in [6.07, 6.45) is 1.13. The molecule has 0 aromatic carbocycles. The molecule has 0 saturated carbocycles. The zero-order chi connectivity index (χ0) is 12.8. The summed E-state index contributed by atoms with van der Waals surface area (Å²) in [6.45, 7) is 7.27. The third-order valence-corrected chi connectivity index (χ3v) is 3.91. The normalized spacial score (nSPS) is 11.2. The fourth-order valence-corrected chi connectivity index (χ4v) is 2.67. The minimum atomic E-state index is 0.0960. The molecule has 1 aromatic rings. The number of rotatable bonds is 7. The Kier molecular flexibility index (Phi) is 5.88. The van der Waals surface area contributed by atoms with Gasteiger partial charge in [0.15, 0.2) is 5.13 Å². The zero-order valence-corrected chi connectivity index (χ0v) is 12.0. The molecule has 17 heavy (non-hydrogen) atoms. The number of aliphatic hydroxyl groups excluding tert-OH is 1. The molecule has 0 bridgehead atoms. The largest absolute Gasteiger partial charge is 0.391 e. The van der Waals surface area contributed by atoms with Gasteiger partial charge in [0.2, 0.25) is 0 Å². The van der Waals surface area contributed by atoms with E-state index in [2.05, 4.69) is 35.8 Å². The monoisotopic (exact) mass is 257 g/mol. The third-order valence-electron chi connectivity index (χ3n) is 2.71. The van der Waals surface area contributed by atoms with Crippen molar-refractivity contribution in [2.45, 2.75) is 26.9 Å². The molecule has 0 fully saturated rings. The van der Waals surface area contributed by atoms with Gasteiger partial charge in [-0.15, -0.1) is 0 Å². The first-order valence-electron chi connectivity index (χ1n) is 6.05. The van der Waals surface area contributed by atoms with Crippen molar-refractivity contribution in [3.8, 4) is 0 Å². The number of aliphatic hydroxyl groups is 1. The fourth-order valence-electron chi connectivity index (χ4n) is 1.66. The molecule has 98 valence electrons. The molecule has 0 radical (unpaired) electrons. The van der Waals surface area contributed by atoms with Gasteiger partial charge < -0.3 is 14.9 Å². The van der Waals surface area contributed by atoms with Crippen LogP contribution in [0.5, 0.6) is 0 Å². The van der Waals surface area contributed by atoms with Crippen LogP contribution in [0.4, 0.5) is 5.13 Å². The van der Waals surface area contributed by atoms with Crippen LogP contribution in [0.2, 0.25) is 0 Å². The maximum Gasteiger partial charge on any atom is 0.185 e. The van der Waals surface area contributed by atoms with Crippen LogP contribution in [0.15, 0.2) is 0 Å². The van der Waals surface area contributed by atoms with E-state index < -0.39 is 0 Å². The molecule has 0 spiro atoms. The predicted octanol–water partition coefficient (Wildman–Crippen LogP) is 1.72. The van der Waals surface area contributed by atoms with Crippen LogP contribution >= 0.6 is 11.3 Å². The lowest BCUT2D eigenvalue weighted by Gasteiger charge is -2.20. The van der Waals surface area contributed by atoms with Crippen LogP contribution in [0, 0.1) is 6.92 Å². The highest BCUT2D eigenvalue weighted by Gasteiger charge is 2.12. The number of hydrogen-bond donors (Lipinski definition) is 1. The third kappa shape index (κ3) is 4.26. The van der Waals surface area contributed by atoms with E-state index in [1.807, 2.05) is 6.92 Å². The average Bonchev–Trinajstić information content (AvgIpc) is 2.65. The van der Waals surface area contributed by atoms with E-state index in [4.69, 9.17) is 0 Å². The Hall–Kier alpha value is -0.650. The molecule has 0 aliphatic carbocycles. The van der Waals surface area contributed by atoms with Crippen LogP contribution in [-0.4, -0.2) is 48.7 Å². The van der Waals surface area contributed by atoms with Crippen LogP contribution in [0.1, 0.15) is 23.9 Å². The van der Waals surface area contributed by atoms with Crippen LogP contribution in [0.25, 0.3) is 0 Å². The van der Waals surface area contributed by atoms with E-state index in [1.165, 1.54) is 0 Å². The number of hydrogen-bond acceptors (Lipinski definition) is 5. The summed E-state index contributed by atoms with van der Waals surface area (Å²) in [7, 11) is 4.18. The molecule has 0 amide bonds. The van der Waals surface area contributed by atoms with Gasteiger partial charge in [-0.2, -0.15) is 0 Å². The molecule has 1 N–H and O–H groups in total. The van der Waals surface area contributed by atoms with Crippen molar-refractivity contribution in [1.82, 2.24) is 9.88 Å². The van der Waals surface area contributed by atoms with E-state index in [9.17, 15) is 5.11 Å². The summed E-state index contributed by atoms with van der Waals surface area (Å²) in [5.41, 5.74) is 0.957. The second kappa shape index (κ2) is 6.93. The van der Waals surface area contributed by atoms with Gasteiger partial charge in [-0.25, -0.2) is 4.98 Å². The molecule has 1 aromatic heterocycles. The van der Waals surface area contributed by atoms with Gasteiger partial charge in [-0.05, 0) is 40.9 Å². The standard InChI is InChI=1S/C12H23N3OS/c1-5-15(8-6-7-14(3)4)12-13-10(2)11(9-16)17-12/h16H,5-9H2,1-4H3. The van der Waals surface area contributed by atoms with Gasteiger partial charge in [0, 0.05) is 13.1 Å². The van der Waals surface area contributed by atoms with Crippen molar-refractivity contribution in [3.63, 3.8) is 0 Å². The van der Waals surface area contributed by atoms with Crippen molar-refractivity contribution in [1.29, 1.82) is 0 Å². The van der Waals surface area contributed by atoms with Crippen molar-refractivity contribution < 1.29 is 5.11 Å². The zero-order valence-electron chi connectivity index (χ0n) is 11.2. The SMILES string of the molecule is CCN(CCCN(C)C)c1nc(C)c(CO)s1. The van der Waals surface area contributed by atoms with Crippen LogP contribution < -0.4 is 4.90 Å². The highest BCUT2D eigenvalue weighted by atomic mass is 32.1. The molecule has 0 atom stereocenters. The Morgan fingerprint density at radius 2 is 2.00 bits per heavy atom. The smallest absolute Gasteiger partial charge is 0.185 e. The van der Waals surface area contributed by atoms with Crippen LogP contribution in [-0.2, 0) is 6.61 Å². The van der Waals surface area contributed by atoms with Crippen molar-refractivity contribution >= 4 is 16.5 Å². The van der Waals surface area contributed by atoms with E-state index in [0.717, 1.165) is 41.8 Å². The second-order valence-corrected chi connectivity index (χ2v) is 5.46. The summed E-state index contributed by atoms with van der Waals surface area (Å²) in [4.78, 5) is 9.97. The lowest BCUT2D eigenvalue weighted by Crippen LogP contribution is -2.26. The number of aromatic nitrogens is 1. The number of anilines is 1. The van der Waals surface area contributed by atoms with Gasteiger partial charge in [-0.3, -0.25) is 0 Å². The van der Waals surface area contributed by atoms with Crippen molar-refractivity contribution in [3.05, 3.63) is 10.6 Å². The number of thiazole rings is 1. The number of aryl methyl sites for hydroxylation is 1. The Morgan fingerprint density at radius 3 is 2.47 bits per heavy atom. The van der Waals surface area contributed by atoms with Crippen LogP contribution in [0.3, 0.4) is 0 Å². The summed E-state index contributed by atoms with van der Waals surface area (Å²) in [5.74, 6) is 0. The van der Waals surface area contributed by atoms with E-state index in [1.54, 1.807) is 11.3 Å². The topological polar surface area (TPSA) is 39.6 Å². The molecule has 0 unspecified atom stereocenters. The fraction of sp³-hybridized carbons (Fsp3) is 0.750. The summed E-state index contributed by atoms with van der Waals surface area (Å²) < 4.78 is 0. The molecular weight excluding hydrogens is 234 g/mol. The van der Waals surface area contributed by atoms with Gasteiger partial charge in [-0.1, -0.05) is 11.3 Å². The first kappa shape index (κ1) is 14.4. The average molecular weight is 257 g/mol. The molecular formula is C12H23N3OS. The van der Waals surface area contributed by atoms with Crippen molar-refractivity contribution in [2.75, 3.05) is 38.6 Å². The molecule has 0 saturated heterocycles. The summed E-state index contributed by atoms with van der Waals surface area (Å²) in [5, 5.41) is 10.2. The Bertz CT molecular complexity index is 338. The van der Waals surface area contributed by atoms with E-state index >= 15 is 0 Å². The molecule has 4 nitrogen and oxygen atoms in total. The molecule has 0 aliphatic rings. The molecule has 0 aliphatic heterocycles. The molecule has 1 heterocycles. The highest BCUT2D eigenvalue weighted by Crippen LogP contribution is 2.25. The summed E-state index contributed by atoms with van der Waals surface area (Å²) >= 11 is 1.60. The predicted molar refractivity (Wildman–Crippen MR) is 73.8 cm³/mol. The van der Waals surface area contributed by atoms with Gasteiger partial charge in [0.05, 0.1) is 17.2 Å². The van der Waals surface area contributed by atoms with Gasteiger partial charge in [0.25, 0.3) is 0 Å². The summed E-state index contributed by atoms with van der Waals surface area (Å²) in [6, 6.07) is 0. The van der Waals surface area contributed by atoms with Gasteiger partial charge >= 0.3 is 0 Å². The Labute approximate surface area is 108 Å². The lowest BCUT2D eigenvalue weighted by molar-refractivity contribution is 0.284. The molecule has 1 rings (SSSR count). The first-order valence-corrected chi connectivity index (χ1v) is 6.87. The minimum Gasteiger partial charge on any atom is -0.391 e. The highest BCUT2D eigenvalue weighted by molar-refractivity contribution is 7.15. The lowest BCUT2D eigenvalue weighted by atomic mass is 10.3. The maximum atomic E-state index is 9.18. The quantitative estimate of drug-likeness (QED) is 0.807. The number of nitrogens with zero attached hydrogens (tertiary/aromatic N) is 3.